The zero-order chi connectivity index (χ0) is 22.4. The van der Waals surface area contributed by atoms with Crippen molar-refractivity contribution in [3.8, 4) is 0 Å². The van der Waals surface area contributed by atoms with Gasteiger partial charge in [0.05, 0.1) is 6.17 Å². The lowest BCUT2D eigenvalue weighted by molar-refractivity contribution is 0.00121. The van der Waals surface area contributed by atoms with Crippen LogP contribution in [0.1, 0.15) is 25.5 Å². The molecule has 0 aliphatic carbocycles. The van der Waals surface area contributed by atoms with Crippen molar-refractivity contribution < 1.29 is 13.9 Å². The second-order valence-electron chi connectivity index (χ2n) is 7.90. The summed E-state index contributed by atoms with van der Waals surface area (Å²) in [6.07, 6.45) is 3.52. The van der Waals surface area contributed by atoms with E-state index in [1.807, 2.05) is 0 Å². The van der Waals surface area contributed by atoms with Crippen molar-refractivity contribution in [2.75, 3.05) is 26.2 Å². The van der Waals surface area contributed by atoms with Crippen LogP contribution in [0, 0.1) is 5.92 Å². The number of nitrogens with one attached hydrogen (secondary N) is 3. The van der Waals surface area contributed by atoms with E-state index in [0.29, 0.717) is 25.0 Å². The summed E-state index contributed by atoms with van der Waals surface area (Å²) in [6.45, 7) is 3.04. The largest absolute Gasteiger partial charge is 0.367 e. The van der Waals surface area contributed by atoms with Crippen LogP contribution in [0.4, 0.5) is 8.78 Å². The summed E-state index contributed by atoms with van der Waals surface area (Å²) in [5, 5.41) is 20.3. The van der Waals surface area contributed by atoms with Crippen molar-refractivity contribution in [3.05, 3.63) is 41.4 Å². The Labute approximate surface area is 185 Å². The van der Waals surface area contributed by atoms with Crippen LogP contribution in [0.15, 0.2) is 40.7 Å². The second-order valence-corrected chi connectivity index (χ2v) is 8.29. The molecule has 31 heavy (non-hydrogen) atoms. The Bertz CT molecular complexity index is 780. The molecule has 11 heteroatoms. The number of nitrogens with two attached hydrogens (primary N) is 1. The summed E-state index contributed by atoms with van der Waals surface area (Å²) >= 11 is 6.20. The molecule has 0 spiro atoms. The molecule has 1 saturated heterocycles. The van der Waals surface area contributed by atoms with Crippen LogP contribution < -0.4 is 21.7 Å². The molecule has 2 aliphatic rings. The van der Waals surface area contributed by atoms with E-state index in [2.05, 4.69) is 32.9 Å². The number of halogens is 3. The number of hydrogen-bond acceptors (Lipinski definition) is 7. The molecule has 3 rings (SSSR count). The van der Waals surface area contributed by atoms with Crippen molar-refractivity contribution in [2.45, 2.75) is 44.1 Å². The summed E-state index contributed by atoms with van der Waals surface area (Å²) in [5.74, 6) is -2.77. The smallest absolute Gasteiger partial charge is 0.308 e. The van der Waals surface area contributed by atoms with Crippen molar-refractivity contribution >= 4 is 17.4 Å². The van der Waals surface area contributed by atoms with E-state index < -0.39 is 18.7 Å². The van der Waals surface area contributed by atoms with Gasteiger partial charge in [0.15, 0.2) is 12.1 Å². The predicted octanol–water partition coefficient (Wildman–Crippen LogP) is 1.10. The molecule has 1 aromatic rings. The van der Waals surface area contributed by atoms with Crippen LogP contribution in [-0.4, -0.2) is 65.4 Å². The summed E-state index contributed by atoms with van der Waals surface area (Å²) in [6, 6.07) is 4.63. The van der Waals surface area contributed by atoms with Gasteiger partial charge in [-0.2, -0.15) is 8.78 Å². The average Bonchev–Trinajstić information content (AvgIpc) is 2.74. The minimum atomic E-state index is -3.25. The molecular weight excluding hydrogens is 428 g/mol. The summed E-state index contributed by atoms with van der Waals surface area (Å²) < 4.78 is 28.7. The third-order valence-corrected chi connectivity index (χ3v) is 5.94. The fraction of sp³-hybridized carbons (Fsp3) is 0.600. The first-order valence-corrected chi connectivity index (χ1v) is 10.8. The number of aliphatic hydroxyl groups excluding tert-OH is 1. The molecule has 1 fully saturated rings. The van der Waals surface area contributed by atoms with Crippen LogP contribution in [0.5, 0.6) is 0 Å². The third-order valence-electron chi connectivity index (χ3n) is 5.61. The minimum Gasteiger partial charge on any atom is -0.367 e. The summed E-state index contributed by atoms with van der Waals surface area (Å²) in [7, 11) is 0. The van der Waals surface area contributed by atoms with Crippen LogP contribution in [0.3, 0.4) is 0 Å². The Morgan fingerprint density at radius 2 is 2.23 bits per heavy atom. The number of aliphatic imine (C=N–C) groups is 1. The fourth-order valence-corrected chi connectivity index (χ4v) is 3.95. The van der Waals surface area contributed by atoms with Crippen LogP contribution in [-0.2, 0) is 5.92 Å². The lowest BCUT2D eigenvalue weighted by Gasteiger charge is -2.35. The number of nitrogens with zero attached hydrogens (tertiary/aromatic N) is 3. The van der Waals surface area contributed by atoms with Gasteiger partial charge in [0, 0.05) is 31.5 Å². The molecule has 0 bridgehead atoms. The molecule has 172 valence electrons. The van der Waals surface area contributed by atoms with E-state index in [-0.39, 0.29) is 22.9 Å². The van der Waals surface area contributed by atoms with Gasteiger partial charge < -0.3 is 26.4 Å². The number of amidine groups is 1. The highest BCUT2D eigenvalue weighted by Crippen LogP contribution is 2.26. The topological polar surface area (TPSA) is 111 Å². The molecule has 3 heterocycles. The molecule has 8 nitrogen and oxygen atoms in total. The standard InChI is InChI=1S/C20H30ClF2N7O/c1-13-14(5-6-17(24)29-13)10-25-8-9-30-16(21)11-27-18(19(30)31)28-12-20(22,23)15-4-2-3-7-26-15/h2-4,7,11,13-14,17,19,25,29,31H,5-6,8-10,12,24H2,1H3,(H,27,28)/t13-,14-,17+,19+/m0/s1. The van der Waals surface area contributed by atoms with E-state index in [4.69, 9.17) is 17.3 Å². The zero-order valence-electron chi connectivity index (χ0n) is 17.4. The van der Waals surface area contributed by atoms with Crippen molar-refractivity contribution in [1.82, 2.24) is 25.8 Å². The Morgan fingerprint density at radius 1 is 1.42 bits per heavy atom. The normalized spacial score (nSPS) is 28.4. The monoisotopic (exact) mass is 457 g/mol. The lowest BCUT2D eigenvalue weighted by Crippen LogP contribution is -2.53. The summed E-state index contributed by atoms with van der Waals surface area (Å²) in [5.41, 5.74) is 5.54. The molecule has 0 saturated carbocycles. The van der Waals surface area contributed by atoms with Gasteiger partial charge in [-0.25, -0.2) is 0 Å². The molecule has 0 amide bonds. The van der Waals surface area contributed by atoms with Gasteiger partial charge in [0.2, 0.25) is 0 Å². The van der Waals surface area contributed by atoms with Gasteiger partial charge >= 0.3 is 5.92 Å². The molecule has 2 aliphatic heterocycles. The van der Waals surface area contributed by atoms with E-state index in [1.54, 1.807) is 6.07 Å². The maximum atomic E-state index is 14.3. The highest BCUT2D eigenvalue weighted by molar-refractivity contribution is 6.29. The maximum Gasteiger partial charge on any atom is 0.308 e. The van der Waals surface area contributed by atoms with Gasteiger partial charge in [-0.15, -0.1) is 0 Å². The van der Waals surface area contributed by atoms with Crippen LogP contribution in [0.25, 0.3) is 0 Å². The Balaban J connectivity index is 1.52. The zero-order valence-corrected chi connectivity index (χ0v) is 18.2. The van der Waals surface area contributed by atoms with E-state index in [9.17, 15) is 13.9 Å². The number of hydrogen-bond donors (Lipinski definition) is 5. The van der Waals surface area contributed by atoms with Crippen molar-refractivity contribution in [1.29, 1.82) is 0 Å². The number of alkyl halides is 2. The highest BCUT2D eigenvalue weighted by atomic mass is 35.5. The van der Waals surface area contributed by atoms with E-state index in [1.165, 1.54) is 29.4 Å². The molecule has 0 radical (unpaired) electrons. The fourth-order valence-electron chi connectivity index (χ4n) is 3.72. The quantitative estimate of drug-likeness (QED) is 0.293. The lowest BCUT2D eigenvalue weighted by atomic mass is 9.90. The first-order valence-electron chi connectivity index (χ1n) is 10.4. The van der Waals surface area contributed by atoms with Gasteiger partial charge in [0.1, 0.15) is 17.4 Å². The van der Waals surface area contributed by atoms with Crippen LogP contribution in [0.2, 0.25) is 0 Å². The molecular formula is C20H30ClF2N7O. The highest BCUT2D eigenvalue weighted by Gasteiger charge is 2.34. The Morgan fingerprint density at radius 3 is 2.94 bits per heavy atom. The van der Waals surface area contributed by atoms with E-state index in [0.717, 1.165) is 19.4 Å². The number of pyridine rings is 1. The van der Waals surface area contributed by atoms with Gasteiger partial charge in [-0.1, -0.05) is 17.7 Å². The minimum absolute atomic E-state index is 0.0131. The Kier molecular flexibility index (Phi) is 8.17. The Hall–Kier alpha value is -1.85. The molecule has 4 atom stereocenters. The van der Waals surface area contributed by atoms with E-state index >= 15 is 0 Å². The second kappa shape index (κ2) is 10.6. The molecule has 0 unspecified atom stereocenters. The maximum absolute atomic E-state index is 14.3. The number of aliphatic hydroxyl groups is 1. The van der Waals surface area contributed by atoms with Gasteiger partial charge in [0.25, 0.3) is 0 Å². The van der Waals surface area contributed by atoms with Gasteiger partial charge in [-0.3, -0.25) is 15.3 Å². The molecule has 0 aromatic carbocycles. The number of rotatable bonds is 8. The first kappa shape index (κ1) is 23.8. The summed E-state index contributed by atoms with van der Waals surface area (Å²) in [4.78, 5) is 9.09. The first-order chi connectivity index (χ1) is 14.8. The molecule has 1 aromatic heterocycles. The van der Waals surface area contributed by atoms with Crippen molar-refractivity contribution in [3.63, 3.8) is 0 Å². The number of aromatic nitrogens is 1. The van der Waals surface area contributed by atoms with Gasteiger partial charge in [-0.05, 0) is 44.4 Å². The van der Waals surface area contributed by atoms with Crippen LogP contribution >= 0.6 is 11.6 Å². The third kappa shape index (κ3) is 6.33. The molecule has 6 N–H and O–H groups in total. The average molecular weight is 458 g/mol. The number of piperidine rings is 1. The van der Waals surface area contributed by atoms with Crippen molar-refractivity contribution in [2.24, 2.45) is 16.6 Å². The predicted molar refractivity (Wildman–Crippen MR) is 116 cm³/mol. The SMILES string of the molecule is C[C@@H]1N[C@@H](N)CC[C@H]1CNCCN1C(Cl)=CNC(=NCC(F)(F)c2ccccn2)[C@H]1O.